The van der Waals surface area contributed by atoms with Crippen molar-refractivity contribution in [3.63, 3.8) is 0 Å². The first-order valence-electron chi connectivity index (χ1n) is 14.1. The van der Waals surface area contributed by atoms with E-state index in [1.807, 2.05) is 12.1 Å². The Morgan fingerprint density at radius 1 is 0.905 bits per heavy atom. The highest BCUT2D eigenvalue weighted by molar-refractivity contribution is 6.02. The fraction of sp³-hybridized carbons (Fsp3) is 0.394. The maximum Gasteiger partial charge on any atom is 0.254 e. The Labute approximate surface area is 248 Å². The molecule has 0 fully saturated rings. The van der Waals surface area contributed by atoms with Gasteiger partial charge in [0.15, 0.2) is 23.0 Å². The number of likely N-dealkylation sites (N-methyl/N-ethyl adjacent to an activating group) is 1. The number of rotatable bonds is 12. The molecule has 0 bridgehead atoms. The van der Waals surface area contributed by atoms with Crippen LogP contribution in [-0.2, 0) is 4.79 Å². The molecule has 1 aliphatic rings. The first-order chi connectivity index (χ1) is 20.3. The van der Waals surface area contributed by atoms with Crippen molar-refractivity contribution in [2.75, 3.05) is 60.0 Å². The molecule has 0 radical (unpaired) electrons. The van der Waals surface area contributed by atoms with E-state index in [1.54, 1.807) is 44.4 Å². The first-order valence-corrected chi connectivity index (χ1v) is 14.1. The molecular weight excluding hydrogens is 534 g/mol. The van der Waals surface area contributed by atoms with E-state index in [1.165, 1.54) is 25.5 Å². The summed E-state index contributed by atoms with van der Waals surface area (Å²) >= 11 is 0. The number of ether oxygens (including phenoxy) is 4. The lowest BCUT2D eigenvalue weighted by molar-refractivity contribution is -0.124. The molecule has 0 unspecified atom stereocenters. The van der Waals surface area contributed by atoms with Crippen molar-refractivity contribution in [1.29, 1.82) is 0 Å². The summed E-state index contributed by atoms with van der Waals surface area (Å²) in [4.78, 5) is 31.6. The van der Waals surface area contributed by atoms with Crippen molar-refractivity contribution in [3.8, 4) is 23.0 Å². The average molecular weight is 576 g/mol. The SMILES string of the molecule is CCN(CCCNC(=O)[C@@H]1c2cc(OC)c(OC)cc2C(=O)N(C)[C@H]1c1ccc(OC)c(OC)c1)c1cccc(C)c1. The minimum Gasteiger partial charge on any atom is -0.493 e. The largest absolute Gasteiger partial charge is 0.493 e. The standard InChI is InChI=1S/C33H41N3O6/c1-8-36(23-12-9-11-21(2)17-23)16-10-15-34-32(37)30-24-19-28(41-6)29(42-7)20-25(24)33(38)35(3)31(30)22-13-14-26(39-4)27(18-22)40-5/h9,11-14,17-20,30-31H,8,10,15-16H2,1-7H3,(H,34,37)/t30-,31+/m1/s1. The summed E-state index contributed by atoms with van der Waals surface area (Å²) in [5.41, 5.74) is 4.12. The van der Waals surface area contributed by atoms with Gasteiger partial charge < -0.3 is 34.1 Å². The van der Waals surface area contributed by atoms with Crippen LogP contribution in [0.4, 0.5) is 5.69 Å². The lowest BCUT2D eigenvalue weighted by Crippen LogP contribution is -2.46. The number of carbonyl (C=O) groups is 2. The summed E-state index contributed by atoms with van der Waals surface area (Å²) in [5.74, 6) is 0.857. The van der Waals surface area contributed by atoms with E-state index in [4.69, 9.17) is 18.9 Å². The molecule has 0 saturated carbocycles. The third kappa shape index (κ3) is 6.10. The number of benzene rings is 3. The van der Waals surface area contributed by atoms with Crippen LogP contribution in [0.25, 0.3) is 0 Å². The topological polar surface area (TPSA) is 89.6 Å². The van der Waals surface area contributed by atoms with E-state index in [0.717, 1.165) is 25.1 Å². The van der Waals surface area contributed by atoms with Gasteiger partial charge in [-0.25, -0.2) is 0 Å². The molecule has 1 N–H and O–H groups in total. The zero-order valence-electron chi connectivity index (χ0n) is 25.5. The molecule has 0 saturated heterocycles. The van der Waals surface area contributed by atoms with Crippen LogP contribution >= 0.6 is 0 Å². The highest BCUT2D eigenvalue weighted by Crippen LogP contribution is 2.46. The summed E-state index contributed by atoms with van der Waals surface area (Å²) in [6.07, 6.45) is 0.759. The van der Waals surface area contributed by atoms with Gasteiger partial charge in [0.1, 0.15) is 0 Å². The number of carbonyl (C=O) groups excluding carboxylic acids is 2. The molecule has 4 rings (SSSR count). The summed E-state index contributed by atoms with van der Waals surface area (Å²) in [6, 6.07) is 16.7. The van der Waals surface area contributed by atoms with Gasteiger partial charge in [0, 0.05) is 37.9 Å². The Morgan fingerprint density at radius 2 is 1.57 bits per heavy atom. The average Bonchev–Trinajstić information content (AvgIpc) is 3.01. The summed E-state index contributed by atoms with van der Waals surface area (Å²) < 4.78 is 22.0. The van der Waals surface area contributed by atoms with Crippen LogP contribution in [0.5, 0.6) is 23.0 Å². The predicted octanol–water partition coefficient (Wildman–Crippen LogP) is 4.97. The zero-order valence-corrected chi connectivity index (χ0v) is 25.5. The Morgan fingerprint density at radius 3 is 2.21 bits per heavy atom. The van der Waals surface area contributed by atoms with Crippen LogP contribution in [0, 0.1) is 6.92 Å². The van der Waals surface area contributed by atoms with Crippen molar-refractivity contribution < 1.29 is 28.5 Å². The van der Waals surface area contributed by atoms with Crippen molar-refractivity contribution in [3.05, 3.63) is 76.9 Å². The molecule has 1 aliphatic heterocycles. The lowest BCUT2D eigenvalue weighted by atomic mass is 9.79. The molecule has 42 heavy (non-hydrogen) atoms. The Hall–Kier alpha value is -4.40. The van der Waals surface area contributed by atoms with Gasteiger partial charge in [-0.2, -0.15) is 0 Å². The van der Waals surface area contributed by atoms with E-state index < -0.39 is 12.0 Å². The number of amides is 2. The van der Waals surface area contributed by atoms with Crippen molar-refractivity contribution in [2.45, 2.75) is 32.2 Å². The molecule has 9 nitrogen and oxygen atoms in total. The van der Waals surface area contributed by atoms with Gasteiger partial charge >= 0.3 is 0 Å². The number of methoxy groups -OCH3 is 4. The number of nitrogens with zero attached hydrogens (tertiary/aromatic N) is 2. The smallest absolute Gasteiger partial charge is 0.254 e. The van der Waals surface area contributed by atoms with Crippen molar-refractivity contribution in [1.82, 2.24) is 10.2 Å². The van der Waals surface area contributed by atoms with E-state index in [-0.39, 0.29) is 11.8 Å². The molecular formula is C33H41N3O6. The normalized spacial score (nSPS) is 16.0. The van der Waals surface area contributed by atoms with E-state index >= 15 is 0 Å². The molecule has 3 aromatic carbocycles. The van der Waals surface area contributed by atoms with Gasteiger partial charge in [0.05, 0.1) is 40.4 Å². The van der Waals surface area contributed by atoms with Crippen LogP contribution in [0.2, 0.25) is 0 Å². The monoisotopic (exact) mass is 575 g/mol. The van der Waals surface area contributed by atoms with Crippen LogP contribution in [0.3, 0.4) is 0 Å². The summed E-state index contributed by atoms with van der Waals surface area (Å²) in [7, 11) is 7.90. The summed E-state index contributed by atoms with van der Waals surface area (Å²) in [6.45, 7) is 6.35. The van der Waals surface area contributed by atoms with Crippen molar-refractivity contribution in [2.24, 2.45) is 0 Å². The Bertz CT molecular complexity index is 1420. The van der Waals surface area contributed by atoms with Crippen LogP contribution in [0.1, 0.15) is 52.4 Å². The molecule has 3 aromatic rings. The Kier molecular flexibility index (Phi) is 9.83. The molecule has 9 heteroatoms. The summed E-state index contributed by atoms with van der Waals surface area (Å²) in [5, 5.41) is 3.16. The van der Waals surface area contributed by atoms with Crippen LogP contribution in [0.15, 0.2) is 54.6 Å². The van der Waals surface area contributed by atoms with Gasteiger partial charge in [-0.1, -0.05) is 18.2 Å². The molecule has 0 spiro atoms. The maximum absolute atomic E-state index is 14.1. The molecule has 2 atom stereocenters. The number of hydrogen-bond acceptors (Lipinski definition) is 7. The quantitative estimate of drug-likeness (QED) is 0.305. The first kappa shape index (κ1) is 30.6. The maximum atomic E-state index is 14.1. The van der Waals surface area contributed by atoms with Gasteiger partial charge in [0.2, 0.25) is 5.91 Å². The third-order valence-electron chi connectivity index (χ3n) is 7.86. The number of hydrogen-bond donors (Lipinski definition) is 1. The van der Waals surface area contributed by atoms with Crippen LogP contribution < -0.4 is 29.2 Å². The van der Waals surface area contributed by atoms with Crippen molar-refractivity contribution >= 4 is 17.5 Å². The molecule has 0 aromatic heterocycles. The molecule has 0 aliphatic carbocycles. The van der Waals surface area contributed by atoms with Gasteiger partial charge in [-0.3, -0.25) is 9.59 Å². The predicted molar refractivity (Wildman–Crippen MR) is 163 cm³/mol. The van der Waals surface area contributed by atoms with Gasteiger partial charge in [0.25, 0.3) is 5.91 Å². The zero-order chi connectivity index (χ0) is 30.4. The van der Waals surface area contributed by atoms with E-state index in [9.17, 15) is 9.59 Å². The van der Waals surface area contributed by atoms with Gasteiger partial charge in [-0.05, 0) is 73.4 Å². The third-order valence-corrected chi connectivity index (χ3v) is 7.86. The highest BCUT2D eigenvalue weighted by Gasteiger charge is 2.43. The molecule has 224 valence electrons. The van der Waals surface area contributed by atoms with Gasteiger partial charge in [-0.15, -0.1) is 0 Å². The second-order valence-electron chi connectivity index (χ2n) is 10.3. The Balaban J connectivity index is 1.66. The molecule has 2 amide bonds. The second-order valence-corrected chi connectivity index (χ2v) is 10.3. The van der Waals surface area contributed by atoms with E-state index in [2.05, 4.69) is 48.3 Å². The fourth-order valence-corrected chi connectivity index (χ4v) is 5.67. The lowest BCUT2D eigenvalue weighted by Gasteiger charge is -2.40. The second kappa shape index (κ2) is 13.5. The van der Waals surface area contributed by atoms with E-state index in [0.29, 0.717) is 40.7 Å². The highest BCUT2D eigenvalue weighted by atomic mass is 16.5. The minimum absolute atomic E-state index is 0.179. The number of aryl methyl sites for hydroxylation is 1. The fourth-order valence-electron chi connectivity index (χ4n) is 5.67. The number of nitrogens with one attached hydrogen (secondary N) is 1. The molecule has 1 heterocycles. The minimum atomic E-state index is -0.709. The number of anilines is 1. The van der Waals surface area contributed by atoms with Crippen LogP contribution in [-0.4, -0.2) is 71.8 Å². The number of fused-ring (bicyclic) bond motifs is 1.